The second-order valence-corrected chi connectivity index (χ2v) is 12.5. The molecule has 1 aromatic carbocycles. The minimum absolute atomic E-state index is 0.0830. The van der Waals surface area contributed by atoms with Gasteiger partial charge in [-0.3, -0.25) is 0 Å². The highest BCUT2D eigenvalue weighted by molar-refractivity contribution is 5.93. The Hall–Kier alpha value is -2.51. The SMILES string of the molecule is CC1C=C2C=C3C(O)C(O)C(N(C)C)CC34CCC2(O4)C2CC=C(c3ccc4c(N)nccc4c3)C12C. The number of benzene rings is 1. The molecule has 6 nitrogen and oxygen atoms in total. The van der Waals surface area contributed by atoms with E-state index in [0.717, 1.165) is 35.6 Å². The molecule has 6 heteroatoms. The normalized spacial score (nSPS) is 42.1. The van der Waals surface area contributed by atoms with Gasteiger partial charge in [0, 0.05) is 29.0 Å². The van der Waals surface area contributed by atoms with Crippen LogP contribution in [0, 0.1) is 17.3 Å². The second kappa shape index (κ2) is 7.54. The number of rotatable bonds is 2. The predicted octanol–water partition coefficient (Wildman–Crippen LogP) is 4.09. The zero-order valence-corrected chi connectivity index (χ0v) is 22.1. The van der Waals surface area contributed by atoms with Crippen LogP contribution in [0.5, 0.6) is 0 Å². The van der Waals surface area contributed by atoms with Gasteiger partial charge in [0.1, 0.15) is 11.9 Å². The molecule has 2 spiro atoms. The smallest absolute Gasteiger partial charge is 0.131 e. The number of anilines is 1. The van der Waals surface area contributed by atoms with Crippen molar-refractivity contribution in [3.05, 3.63) is 65.4 Å². The largest absolute Gasteiger partial charge is 0.388 e. The monoisotopic (exact) mass is 499 g/mol. The lowest BCUT2D eigenvalue weighted by Gasteiger charge is -2.57. The summed E-state index contributed by atoms with van der Waals surface area (Å²) in [6, 6.07) is 8.45. The van der Waals surface area contributed by atoms with Gasteiger partial charge in [-0.05, 0) is 85.5 Å². The molecule has 3 heterocycles. The summed E-state index contributed by atoms with van der Waals surface area (Å²) in [4.78, 5) is 6.28. The van der Waals surface area contributed by atoms with E-state index in [2.05, 4.69) is 55.3 Å². The number of allylic oxidation sites excluding steroid dienone is 3. The van der Waals surface area contributed by atoms with Crippen LogP contribution in [0.25, 0.3) is 16.3 Å². The Morgan fingerprint density at radius 3 is 2.76 bits per heavy atom. The first-order valence-electron chi connectivity index (χ1n) is 13.6. The van der Waals surface area contributed by atoms with Crippen LogP contribution in [-0.4, -0.2) is 63.6 Å². The molecule has 2 bridgehead atoms. The summed E-state index contributed by atoms with van der Waals surface area (Å²) < 4.78 is 7.28. The molecule has 8 unspecified atom stereocenters. The van der Waals surface area contributed by atoms with Crippen LogP contribution in [-0.2, 0) is 4.74 Å². The highest BCUT2D eigenvalue weighted by Gasteiger charge is 2.68. The number of fused-ring (bicyclic) bond motifs is 2. The van der Waals surface area contributed by atoms with E-state index in [4.69, 9.17) is 10.5 Å². The molecule has 8 atom stereocenters. The number of nitrogen functional groups attached to an aromatic ring is 1. The highest BCUT2D eigenvalue weighted by Crippen LogP contribution is 2.69. The summed E-state index contributed by atoms with van der Waals surface area (Å²) in [5.74, 6) is 1.16. The Kier molecular flexibility index (Phi) is 4.81. The van der Waals surface area contributed by atoms with Crippen molar-refractivity contribution in [2.45, 2.75) is 69.0 Å². The molecule has 1 aromatic heterocycles. The molecular weight excluding hydrogens is 462 g/mol. The average molecular weight is 500 g/mol. The molecule has 2 aromatic rings. The molecular formula is C31H37N3O3. The summed E-state index contributed by atoms with van der Waals surface area (Å²) in [5, 5.41) is 24.3. The van der Waals surface area contributed by atoms with E-state index in [1.165, 1.54) is 16.7 Å². The van der Waals surface area contributed by atoms with Gasteiger partial charge >= 0.3 is 0 Å². The number of aliphatic hydroxyl groups is 2. The second-order valence-electron chi connectivity index (χ2n) is 12.5. The van der Waals surface area contributed by atoms with Crippen molar-refractivity contribution >= 4 is 22.2 Å². The fourth-order valence-corrected chi connectivity index (χ4v) is 8.62. The number of nitrogens with zero attached hydrogens (tertiary/aromatic N) is 2. The van der Waals surface area contributed by atoms with Crippen LogP contribution >= 0.6 is 0 Å². The Bertz CT molecular complexity index is 1410. The lowest BCUT2D eigenvalue weighted by Crippen LogP contribution is -2.62. The summed E-state index contributed by atoms with van der Waals surface area (Å²) in [6.07, 6.45) is 10.6. The minimum Gasteiger partial charge on any atom is -0.388 e. The minimum atomic E-state index is -0.904. The predicted molar refractivity (Wildman–Crippen MR) is 146 cm³/mol. The average Bonchev–Trinajstić information content (AvgIpc) is 3.39. The number of likely N-dealkylation sites (N-methyl/N-ethyl adjacent to an activating group) is 1. The number of pyridine rings is 1. The van der Waals surface area contributed by atoms with Gasteiger partial charge in [0.25, 0.3) is 0 Å². The first kappa shape index (κ1) is 23.6. The maximum Gasteiger partial charge on any atom is 0.131 e. The fraction of sp³-hybridized carbons (Fsp3) is 0.516. The topological polar surface area (TPSA) is 91.8 Å². The van der Waals surface area contributed by atoms with Crippen molar-refractivity contribution in [3.8, 4) is 0 Å². The number of nitrogens with two attached hydrogens (primary N) is 1. The molecule has 0 amide bonds. The van der Waals surface area contributed by atoms with Crippen LogP contribution < -0.4 is 5.73 Å². The first-order valence-corrected chi connectivity index (χ1v) is 13.6. The zero-order valence-electron chi connectivity index (χ0n) is 22.1. The third kappa shape index (κ3) is 2.87. The molecule has 194 valence electrons. The summed E-state index contributed by atoms with van der Waals surface area (Å²) in [5.41, 5.74) is 9.88. The van der Waals surface area contributed by atoms with Crippen LogP contribution in [0.15, 0.2) is 59.8 Å². The summed E-state index contributed by atoms with van der Waals surface area (Å²) in [7, 11) is 3.95. The van der Waals surface area contributed by atoms with E-state index in [1.807, 2.05) is 25.1 Å². The lowest BCUT2D eigenvalue weighted by molar-refractivity contribution is -0.165. The van der Waals surface area contributed by atoms with Crippen molar-refractivity contribution in [2.75, 3.05) is 19.8 Å². The van der Waals surface area contributed by atoms with Gasteiger partial charge in [-0.25, -0.2) is 4.98 Å². The van der Waals surface area contributed by atoms with Gasteiger partial charge in [-0.15, -0.1) is 0 Å². The van der Waals surface area contributed by atoms with Crippen molar-refractivity contribution < 1.29 is 14.9 Å². The number of aromatic nitrogens is 1. The lowest BCUT2D eigenvalue weighted by atomic mass is 9.54. The molecule has 2 fully saturated rings. The molecule has 2 aliphatic heterocycles. The van der Waals surface area contributed by atoms with Crippen LogP contribution in [0.4, 0.5) is 5.82 Å². The van der Waals surface area contributed by atoms with Crippen LogP contribution in [0.3, 0.4) is 0 Å². The standard InChI is InChI=1S/C31H37N3O3/c1-17-13-20-15-23-26(35)27(36)24(34(3)4)16-30(23)10-11-31(20,37-30)25-8-7-22(29(17,25)2)19-5-6-21-18(14-19)9-12-33-28(21)32/h5-7,9,12-15,17,24-27,35-36H,8,10-11,16H2,1-4H3,(H2,32,33). The molecule has 1 saturated heterocycles. The van der Waals surface area contributed by atoms with Crippen molar-refractivity contribution in [2.24, 2.45) is 17.3 Å². The maximum atomic E-state index is 11.2. The van der Waals surface area contributed by atoms with Gasteiger partial charge in [-0.1, -0.05) is 44.2 Å². The number of hydrogen-bond acceptors (Lipinski definition) is 6. The van der Waals surface area contributed by atoms with Gasteiger partial charge in [-0.2, -0.15) is 0 Å². The van der Waals surface area contributed by atoms with Crippen molar-refractivity contribution in [1.82, 2.24) is 9.88 Å². The number of hydrogen-bond donors (Lipinski definition) is 3. The van der Waals surface area contributed by atoms with Gasteiger partial charge in [0.15, 0.2) is 0 Å². The number of aliphatic hydroxyl groups excluding tert-OH is 2. The molecule has 3 aliphatic carbocycles. The fourth-order valence-electron chi connectivity index (χ4n) is 8.62. The van der Waals surface area contributed by atoms with E-state index in [-0.39, 0.29) is 17.1 Å². The third-order valence-electron chi connectivity index (χ3n) is 10.7. The highest BCUT2D eigenvalue weighted by atomic mass is 16.5. The van der Waals surface area contributed by atoms with Gasteiger partial charge < -0.3 is 25.6 Å². The molecule has 5 aliphatic rings. The van der Waals surface area contributed by atoms with E-state index < -0.39 is 17.8 Å². The van der Waals surface area contributed by atoms with E-state index in [0.29, 0.717) is 24.1 Å². The first-order chi connectivity index (χ1) is 17.6. The van der Waals surface area contributed by atoms with E-state index in [1.54, 1.807) is 6.20 Å². The Balaban J connectivity index is 1.33. The van der Waals surface area contributed by atoms with E-state index in [9.17, 15) is 10.2 Å². The maximum absolute atomic E-state index is 11.2. The van der Waals surface area contributed by atoms with Gasteiger partial charge in [0.2, 0.25) is 0 Å². The van der Waals surface area contributed by atoms with Crippen LogP contribution in [0.2, 0.25) is 0 Å². The van der Waals surface area contributed by atoms with Gasteiger partial charge in [0.05, 0.1) is 17.3 Å². The van der Waals surface area contributed by atoms with Crippen molar-refractivity contribution in [3.63, 3.8) is 0 Å². The zero-order chi connectivity index (χ0) is 25.9. The Morgan fingerprint density at radius 2 is 1.97 bits per heavy atom. The molecule has 4 N–H and O–H groups in total. The van der Waals surface area contributed by atoms with Crippen molar-refractivity contribution in [1.29, 1.82) is 0 Å². The van der Waals surface area contributed by atoms with Crippen LogP contribution in [0.1, 0.15) is 45.1 Å². The van der Waals surface area contributed by atoms with E-state index >= 15 is 0 Å². The third-order valence-corrected chi connectivity index (χ3v) is 10.7. The summed E-state index contributed by atoms with van der Waals surface area (Å²) >= 11 is 0. The molecule has 7 rings (SSSR count). The quantitative estimate of drug-likeness (QED) is 0.577. The number of ether oxygens (including phenoxy) is 1. The molecule has 0 radical (unpaired) electrons. The summed E-state index contributed by atoms with van der Waals surface area (Å²) in [6.45, 7) is 4.74. The molecule has 1 saturated carbocycles. The molecule has 37 heavy (non-hydrogen) atoms. The Morgan fingerprint density at radius 1 is 1.16 bits per heavy atom. The Labute approximate surface area is 218 Å².